The average Bonchev–Trinajstić information content (AvgIpc) is 2.59. The summed E-state index contributed by atoms with van der Waals surface area (Å²) in [6.07, 6.45) is 0.129. The predicted octanol–water partition coefficient (Wildman–Crippen LogP) is 2.15. The van der Waals surface area contributed by atoms with Crippen LogP contribution in [0.3, 0.4) is 0 Å². The molecule has 0 bridgehead atoms. The van der Waals surface area contributed by atoms with Gasteiger partial charge in [-0.25, -0.2) is 4.79 Å². The second kappa shape index (κ2) is 7.92. The van der Waals surface area contributed by atoms with Gasteiger partial charge in [0.05, 0.1) is 33.5 Å². The number of carbonyl (C=O) groups is 2. The molecule has 0 radical (unpaired) electrons. The Morgan fingerprint density at radius 2 is 1.76 bits per heavy atom. The van der Waals surface area contributed by atoms with Crippen molar-refractivity contribution in [3.63, 3.8) is 0 Å². The van der Waals surface area contributed by atoms with E-state index < -0.39 is 11.9 Å². The fourth-order valence-electron chi connectivity index (χ4n) is 2.97. The summed E-state index contributed by atoms with van der Waals surface area (Å²) >= 11 is 0. The second-order valence-corrected chi connectivity index (χ2v) is 5.52. The molecule has 0 saturated heterocycles. The topological polar surface area (TPSA) is 83.1 Å². The molecule has 7 heteroatoms. The summed E-state index contributed by atoms with van der Waals surface area (Å²) in [5, 5.41) is 2.70. The lowest BCUT2D eigenvalue weighted by Crippen LogP contribution is -2.34. The van der Waals surface area contributed by atoms with E-state index in [-0.39, 0.29) is 18.9 Å². The Morgan fingerprint density at radius 3 is 2.24 bits per heavy atom. The van der Waals surface area contributed by atoms with E-state index in [1.54, 1.807) is 26.0 Å². The van der Waals surface area contributed by atoms with Crippen molar-refractivity contribution < 1.29 is 28.5 Å². The number of carbonyl (C=O) groups excluding carboxylic acids is 2. The van der Waals surface area contributed by atoms with Crippen molar-refractivity contribution in [2.75, 3.05) is 27.9 Å². The van der Waals surface area contributed by atoms with Crippen LogP contribution >= 0.6 is 0 Å². The van der Waals surface area contributed by atoms with Crippen molar-refractivity contribution in [3.8, 4) is 17.2 Å². The van der Waals surface area contributed by atoms with Gasteiger partial charge in [-0.2, -0.15) is 0 Å². The fourth-order valence-corrected chi connectivity index (χ4v) is 2.97. The van der Waals surface area contributed by atoms with Gasteiger partial charge in [-0.1, -0.05) is 0 Å². The van der Waals surface area contributed by atoms with E-state index in [2.05, 4.69) is 5.32 Å². The van der Waals surface area contributed by atoms with E-state index in [4.69, 9.17) is 18.9 Å². The van der Waals surface area contributed by atoms with Crippen LogP contribution in [0.25, 0.3) is 0 Å². The summed E-state index contributed by atoms with van der Waals surface area (Å²) in [6, 6.07) is 3.49. The first-order valence-electron chi connectivity index (χ1n) is 7.94. The van der Waals surface area contributed by atoms with Crippen LogP contribution in [0.5, 0.6) is 17.2 Å². The number of allylic oxidation sites excluding steroid dienone is 1. The van der Waals surface area contributed by atoms with E-state index >= 15 is 0 Å². The summed E-state index contributed by atoms with van der Waals surface area (Å²) in [4.78, 5) is 24.4. The Balaban J connectivity index is 2.59. The number of nitrogens with one attached hydrogen (secondary N) is 1. The zero-order valence-electron chi connectivity index (χ0n) is 15.1. The van der Waals surface area contributed by atoms with Crippen molar-refractivity contribution in [2.24, 2.45) is 0 Å². The van der Waals surface area contributed by atoms with Crippen molar-refractivity contribution in [1.29, 1.82) is 0 Å². The number of ether oxygens (including phenoxy) is 4. The number of esters is 1. The summed E-state index contributed by atoms with van der Waals surface area (Å²) in [6.45, 7) is 3.68. The van der Waals surface area contributed by atoms with Gasteiger partial charge in [0.25, 0.3) is 0 Å². The summed E-state index contributed by atoms with van der Waals surface area (Å²) in [5.41, 5.74) is 1.64. The van der Waals surface area contributed by atoms with Gasteiger partial charge in [0.15, 0.2) is 11.5 Å². The van der Waals surface area contributed by atoms with Crippen LogP contribution in [0.15, 0.2) is 23.4 Å². The number of hydrogen-bond donors (Lipinski definition) is 1. The van der Waals surface area contributed by atoms with Crippen molar-refractivity contribution >= 4 is 11.9 Å². The highest BCUT2D eigenvalue weighted by Gasteiger charge is 2.33. The van der Waals surface area contributed by atoms with Crippen LogP contribution < -0.4 is 19.5 Å². The second-order valence-electron chi connectivity index (χ2n) is 5.52. The molecule has 25 heavy (non-hydrogen) atoms. The van der Waals surface area contributed by atoms with Gasteiger partial charge < -0.3 is 24.3 Å². The first-order valence-corrected chi connectivity index (χ1v) is 7.94. The molecule has 2 rings (SSSR count). The molecule has 0 aliphatic carbocycles. The maximum atomic E-state index is 12.4. The zero-order valence-corrected chi connectivity index (χ0v) is 15.1. The van der Waals surface area contributed by atoms with E-state index in [0.717, 1.165) is 0 Å². The van der Waals surface area contributed by atoms with Crippen LogP contribution in [-0.4, -0.2) is 39.8 Å². The molecule has 0 aromatic heterocycles. The van der Waals surface area contributed by atoms with Crippen LogP contribution in [-0.2, 0) is 14.3 Å². The molecule has 1 N–H and O–H groups in total. The van der Waals surface area contributed by atoms with Crippen molar-refractivity contribution in [3.05, 3.63) is 29.0 Å². The number of rotatable bonds is 6. The summed E-state index contributed by atoms with van der Waals surface area (Å²) in [5.74, 6) is 0.310. The molecule has 7 nitrogen and oxygen atoms in total. The van der Waals surface area contributed by atoms with Crippen molar-refractivity contribution in [1.82, 2.24) is 5.32 Å². The van der Waals surface area contributed by atoms with Gasteiger partial charge in [-0.15, -0.1) is 0 Å². The van der Waals surface area contributed by atoms with E-state index in [0.29, 0.717) is 34.1 Å². The third-order valence-corrected chi connectivity index (χ3v) is 4.05. The number of methoxy groups -OCH3 is 3. The van der Waals surface area contributed by atoms with Gasteiger partial charge in [0.1, 0.15) is 0 Å². The first kappa shape index (κ1) is 18.6. The van der Waals surface area contributed by atoms with Crippen LogP contribution in [0.4, 0.5) is 0 Å². The molecule has 0 spiro atoms. The Morgan fingerprint density at radius 1 is 1.16 bits per heavy atom. The first-order chi connectivity index (χ1) is 12.0. The Hall–Kier alpha value is -2.70. The minimum atomic E-state index is -0.457. The fraction of sp³-hybridized carbons (Fsp3) is 0.444. The molecular weight excluding hydrogens is 326 g/mol. The minimum Gasteiger partial charge on any atom is -0.493 e. The van der Waals surface area contributed by atoms with E-state index in [1.807, 2.05) is 0 Å². The lowest BCUT2D eigenvalue weighted by Gasteiger charge is -2.27. The maximum absolute atomic E-state index is 12.4. The van der Waals surface area contributed by atoms with Crippen LogP contribution in [0, 0.1) is 0 Å². The molecule has 1 aliphatic heterocycles. The highest BCUT2D eigenvalue weighted by atomic mass is 16.5. The van der Waals surface area contributed by atoms with E-state index in [1.165, 1.54) is 21.3 Å². The highest BCUT2D eigenvalue weighted by Crippen LogP contribution is 2.43. The Kier molecular flexibility index (Phi) is 5.90. The molecular formula is C18H23NO6. The molecule has 1 aromatic rings. The van der Waals surface area contributed by atoms with Gasteiger partial charge in [-0.3, -0.25) is 4.79 Å². The number of benzene rings is 1. The Labute approximate surface area is 146 Å². The van der Waals surface area contributed by atoms with Crippen LogP contribution in [0.2, 0.25) is 0 Å². The number of hydrogen-bond acceptors (Lipinski definition) is 6. The molecule has 136 valence electrons. The predicted molar refractivity (Wildman–Crippen MR) is 90.9 cm³/mol. The van der Waals surface area contributed by atoms with Gasteiger partial charge in [-0.05, 0) is 31.5 Å². The van der Waals surface area contributed by atoms with Crippen molar-refractivity contribution in [2.45, 2.75) is 26.2 Å². The quantitative estimate of drug-likeness (QED) is 0.793. The highest BCUT2D eigenvalue weighted by molar-refractivity contribution is 5.95. The molecule has 1 amide bonds. The summed E-state index contributed by atoms with van der Waals surface area (Å²) in [7, 11) is 4.55. The molecule has 1 aromatic carbocycles. The molecule has 0 fully saturated rings. The standard InChI is InChI=1S/C18H23NO6/c1-6-25-18(21)16-10(2)19-15(20)9-12(16)11-7-13(22-3)17(24-5)14(8-11)23-4/h7-8,12H,6,9H2,1-5H3,(H,19,20). The molecule has 1 aliphatic rings. The summed E-state index contributed by atoms with van der Waals surface area (Å²) < 4.78 is 21.2. The van der Waals surface area contributed by atoms with E-state index in [9.17, 15) is 9.59 Å². The van der Waals surface area contributed by atoms with Gasteiger partial charge >= 0.3 is 5.97 Å². The maximum Gasteiger partial charge on any atom is 0.336 e. The van der Waals surface area contributed by atoms with Gasteiger partial charge in [0, 0.05) is 18.0 Å². The Bertz CT molecular complexity index is 685. The number of amides is 1. The molecule has 1 atom stereocenters. The average molecular weight is 349 g/mol. The third kappa shape index (κ3) is 3.70. The molecule has 1 heterocycles. The third-order valence-electron chi connectivity index (χ3n) is 4.05. The normalized spacial score (nSPS) is 17.0. The SMILES string of the molecule is CCOC(=O)C1=C(C)NC(=O)CC1c1cc(OC)c(OC)c(OC)c1. The van der Waals surface area contributed by atoms with Gasteiger partial charge in [0.2, 0.25) is 11.7 Å². The smallest absolute Gasteiger partial charge is 0.336 e. The lowest BCUT2D eigenvalue weighted by atomic mass is 9.84. The minimum absolute atomic E-state index is 0.129. The molecule has 1 unspecified atom stereocenters. The largest absolute Gasteiger partial charge is 0.493 e. The lowest BCUT2D eigenvalue weighted by molar-refractivity contribution is -0.139. The zero-order chi connectivity index (χ0) is 18.6. The van der Waals surface area contributed by atoms with Crippen LogP contribution in [0.1, 0.15) is 31.7 Å². The monoisotopic (exact) mass is 349 g/mol. The molecule has 0 saturated carbocycles.